The molecule has 0 fully saturated rings. The van der Waals surface area contributed by atoms with E-state index >= 15 is 0 Å². The quantitative estimate of drug-likeness (QED) is 0.122. The van der Waals surface area contributed by atoms with Gasteiger partial charge < -0.3 is 25.6 Å². The standard InChI is InChI=1S/C28H26F4N2O6S/c1-14-4-7-23(15(2)10-14)40-16(3)26(38)34-21-12-22(35)20(13-24(21)41-9-8-25(36)37)33-27(39)17-5-6-19(29)18(11-17)28(30,31)32/h4-7,10-13,16,35H,8-9H2,1-3H3,(H,33,39)(H,34,38)(H,36,37). The monoisotopic (exact) mass is 594 g/mol. The maximum absolute atomic E-state index is 13.6. The lowest BCUT2D eigenvalue weighted by atomic mass is 10.1. The third kappa shape index (κ3) is 8.37. The molecule has 0 radical (unpaired) electrons. The minimum absolute atomic E-state index is 0.0535. The molecule has 3 rings (SSSR count). The maximum Gasteiger partial charge on any atom is 0.419 e. The van der Waals surface area contributed by atoms with E-state index in [9.17, 15) is 37.1 Å². The van der Waals surface area contributed by atoms with Crippen LogP contribution >= 0.6 is 11.8 Å². The summed E-state index contributed by atoms with van der Waals surface area (Å²) in [5, 5.41) is 24.4. The fourth-order valence-electron chi connectivity index (χ4n) is 3.62. The molecule has 2 amide bonds. The first kappa shape index (κ1) is 31.3. The third-order valence-electron chi connectivity index (χ3n) is 5.71. The molecule has 8 nitrogen and oxygen atoms in total. The van der Waals surface area contributed by atoms with Gasteiger partial charge in [0.15, 0.2) is 6.10 Å². The number of thioether (sulfide) groups is 1. The van der Waals surface area contributed by atoms with E-state index < -0.39 is 52.8 Å². The first-order valence-corrected chi connectivity index (χ1v) is 13.1. The smallest absolute Gasteiger partial charge is 0.419 e. The number of halogens is 4. The predicted molar refractivity (Wildman–Crippen MR) is 145 cm³/mol. The Labute approximate surface area is 236 Å². The lowest BCUT2D eigenvalue weighted by Gasteiger charge is -2.19. The van der Waals surface area contributed by atoms with Gasteiger partial charge in [-0.05, 0) is 56.7 Å². The van der Waals surface area contributed by atoms with Crippen molar-refractivity contribution in [2.24, 2.45) is 0 Å². The summed E-state index contributed by atoms with van der Waals surface area (Å²) in [5.41, 5.74) is -0.475. The average Bonchev–Trinajstić information content (AvgIpc) is 2.87. The zero-order valence-electron chi connectivity index (χ0n) is 22.1. The van der Waals surface area contributed by atoms with Crippen molar-refractivity contribution in [2.45, 2.75) is 44.4 Å². The van der Waals surface area contributed by atoms with E-state index in [0.717, 1.165) is 35.0 Å². The number of amides is 2. The number of hydrogen-bond donors (Lipinski definition) is 4. The zero-order chi connectivity index (χ0) is 30.5. The van der Waals surface area contributed by atoms with E-state index in [1.54, 1.807) is 6.07 Å². The molecular formula is C28H26F4N2O6S. The number of phenolic OH excluding ortho intramolecular Hbond substituents is 1. The highest BCUT2D eigenvalue weighted by Gasteiger charge is 2.34. The van der Waals surface area contributed by atoms with Gasteiger partial charge in [-0.1, -0.05) is 17.7 Å². The van der Waals surface area contributed by atoms with Crippen LogP contribution in [-0.2, 0) is 15.8 Å². The number of alkyl halides is 3. The lowest BCUT2D eigenvalue weighted by Crippen LogP contribution is -2.30. The lowest BCUT2D eigenvalue weighted by molar-refractivity contribution is -0.140. The predicted octanol–water partition coefficient (Wildman–Crippen LogP) is 6.39. The van der Waals surface area contributed by atoms with Crippen LogP contribution in [-0.4, -0.2) is 39.9 Å². The Morgan fingerprint density at radius 2 is 1.71 bits per heavy atom. The number of aryl methyl sites for hydroxylation is 2. The van der Waals surface area contributed by atoms with Crippen molar-refractivity contribution in [1.29, 1.82) is 0 Å². The number of aliphatic carboxylic acids is 1. The second kappa shape index (κ2) is 12.9. The number of carboxylic acid groups (broad SMARTS) is 1. The number of benzene rings is 3. The molecular weight excluding hydrogens is 568 g/mol. The minimum atomic E-state index is -5.03. The average molecular weight is 595 g/mol. The molecule has 218 valence electrons. The highest BCUT2D eigenvalue weighted by Crippen LogP contribution is 2.38. The molecule has 0 heterocycles. The van der Waals surface area contributed by atoms with Gasteiger partial charge in [0.05, 0.1) is 23.4 Å². The summed E-state index contributed by atoms with van der Waals surface area (Å²) in [5.74, 6) is -4.29. The Hall–Kier alpha value is -4.26. The Morgan fingerprint density at radius 3 is 2.34 bits per heavy atom. The number of hydrogen-bond acceptors (Lipinski definition) is 6. The zero-order valence-corrected chi connectivity index (χ0v) is 22.9. The molecule has 0 aliphatic carbocycles. The Morgan fingerprint density at radius 1 is 1.00 bits per heavy atom. The van der Waals surface area contributed by atoms with E-state index in [0.29, 0.717) is 17.9 Å². The highest BCUT2D eigenvalue weighted by atomic mass is 32.2. The largest absolute Gasteiger partial charge is 0.506 e. The van der Waals surface area contributed by atoms with E-state index in [-0.39, 0.29) is 28.4 Å². The van der Waals surface area contributed by atoms with E-state index in [2.05, 4.69) is 10.6 Å². The molecule has 0 saturated carbocycles. The van der Waals surface area contributed by atoms with Gasteiger partial charge in [-0.3, -0.25) is 14.4 Å². The minimum Gasteiger partial charge on any atom is -0.506 e. The van der Waals surface area contributed by atoms with E-state index in [1.165, 1.54) is 13.0 Å². The number of rotatable bonds is 10. The normalized spacial score (nSPS) is 12.0. The van der Waals surface area contributed by atoms with Crippen molar-refractivity contribution in [3.63, 3.8) is 0 Å². The molecule has 1 atom stereocenters. The number of nitrogens with one attached hydrogen (secondary N) is 2. The number of ether oxygens (including phenoxy) is 1. The van der Waals surface area contributed by atoms with Crippen LogP contribution in [0, 0.1) is 19.7 Å². The molecule has 13 heteroatoms. The molecule has 0 aromatic heterocycles. The maximum atomic E-state index is 13.6. The molecule has 41 heavy (non-hydrogen) atoms. The van der Waals surface area contributed by atoms with Gasteiger partial charge in [-0.25, -0.2) is 4.39 Å². The van der Waals surface area contributed by atoms with Gasteiger partial charge in [0.2, 0.25) is 0 Å². The number of carbonyl (C=O) groups is 3. The summed E-state index contributed by atoms with van der Waals surface area (Å²) in [6, 6.07) is 9.48. The van der Waals surface area contributed by atoms with Gasteiger partial charge in [-0.2, -0.15) is 13.2 Å². The summed E-state index contributed by atoms with van der Waals surface area (Å²) in [7, 11) is 0. The Bertz CT molecular complexity index is 1480. The molecule has 3 aromatic carbocycles. The number of anilines is 2. The first-order chi connectivity index (χ1) is 19.1. The van der Waals surface area contributed by atoms with Crippen LogP contribution in [0.15, 0.2) is 53.4 Å². The third-order valence-corrected chi connectivity index (χ3v) is 6.77. The Balaban J connectivity index is 1.85. The van der Waals surface area contributed by atoms with Crippen molar-refractivity contribution < 1.29 is 46.9 Å². The van der Waals surface area contributed by atoms with Crippen molar-refractivity contribution in [1.82, 2.24) is 0 Å². The fraction of sp³-hybridized carbons (Fsp3) is 0.250. The van der Waals surface area contributed by atoms with Crippen LogP contribution in [0.3, 0.4) is 0 Å². The number of carbonyl (C=O) groups excluding carboxylic acids is 2. The van der Waals surface area contributed by atoms with Crippen LogP contribution in [0.5, 0.6) is 11.5 Å². The van der Waals surface area contributed by atoms with Crippen LogP contribution in [0.2, 0.25) is 0 Å². The van der Waals surface area contributed by atoms with E-state index in [4.69, 9.17) is 9.84 Å². The van der Waals surface area contributed by atoms with Gasteiger partial charge >= 0.3 is 12.1 Å². The summed E-state index contributed by atoms with van der Waals surface area (Å²) in [6.07, 6.45) is -6.26. The van der Waals surface area contributed by atoms with Crippen molar-refractivity contribution >= 4 is 40.9 Å². The van der Waals surface area contributed by atoms with Crippen LogP contribution in [0.1, 0.15) is 40.4 Å². The second-order valence-corrected chi connectivity index (χ2v) is 10.2. The topological polar surface area (TPSA) is 125 Å². The molecule has 1 unspecified atom stereocenters. The van der Waals surface area contributed by atoms with Crippen molar-refractivity contribution in [2.75, 3.05) is 16.4 Å². The van der Waals surface area contributed by atoms with Crippen molar-refractivity contribution in [3.8, 4) is 11.5 Å². The summed E-state index contributed by atoms with van der Waals surface area (Å²) in [6.45, 7) is 5.25. The SMILES string of the molecule is Cc1ccc(OC(C)C(=O)Nc2cc(O)c(NC(=O)c3ccc(F)c(C(F)(F)F)c3)cc2SCCC(=O)O)c(C)c1. The van der Waals surface area contributed by atoms with Crippen LogP contribution in [0.25, 0.3) is 0 Å². The van der Waals surface area contributed by atoms with Crippen molar-refractivity contribution in [3.05, 3.63) is 76.6 Å². The molecule has 4 N–H and O–H groups in total. The number of aromatic hydroxyl groups is 1. The van der Waals surface area contributed by atoms with Crippen LogP contribution < -0.4 is 15.4 Å². The number of phenols is 1. The Kier molecular flexibility index (Phi) is 9.87. The molecule has 0 aliphatic heterocycles. The number of carboxylic acids is 1. The highest BCUT2D eigenvalue weighted by molar-refractivity contribution is 7.99. The molecule has 0 aliphatic rings. The molecule has 0 spiro atoms. The van der Waals surface area contributed by atoms with E-state index in [1.807, 2.05) is 26.0 Å². The summed E-state index contributed by atoms with van der Waals surface area (Å²) in [4.78, 5) is 36.8. The van der Waals surface area contributed by atoms with Gasteiger partial charge in [0.1, 0.15) is 17.3 Å². The van der Waals surface area contributed by atoms with Crippen LogP contribution in [0.4, 0.5) is 28.9 Å². The summed E-state index contributed by atoms with van der Waals surface area (Å²) < 4.78 is 58.6. The first-order valence-electron chi connectivity index (χ1n) is 12.1. The van der Waals surface area contributed by atoms with Gasteiger partial charge in [-0.15, -0.1) is 11.8 Å². The van der Waals surface area contributed by atoms with Gasteiger partial charge in [0, 0.05) is 22.3 Å². The second-order valence-electron chi connectivity index (χ2n) is 9.02. The molecule has 3 aromatic rings. The molecule has 0 bridgehead atoms. The fourth-order valence-corrected chi connectivity index (χ4v) is 4.59. The van der Waals surface area contributed by atoms with Gasteiger partial charge in [0.25, 0.3) is 11.8 Å². The summed E-state index contributed by atoms with van der Waals surface area (Å²) >= 11 is 0.994. The molecule has 0 saturated heterocycles.